The van der Waals surface area contributed by atoms with Crippen LogP contribution in [0.15, 0.2) is 34.5 Å². The van der Waals surface area contributed by atoms with Gasteiger partial charge in [-0.25, -0.2) is 4.79 Å². The third-order valence-electron chi connectivity index (χ3n) is 6.93. The van der Waals surface area contributed by atoms with Crippen molar-refractivity contribution < 1.29 is 23.8 Å². The molecule has 2 aliphatic rings. The van der Waals surface area contributed by atoms with Crippen molar-refractivity contribution in [3.8, 4) is 0 Å². The van der Waals surface area contributed by atoms with E-state index in [2.05, 4.69) is 13.8 Å². The molecule has 142 valence electrons. The van der Waals surface area contributed by atoms with Crippen LogP contribution >= 0.6 is 0 Å². The fraction of sp³-hybridized carbons (Fsp3) is 0.619. The molecule has 1 fully saturated rings. The molecule has 1 heterocycles. The molecule has 1 aromatic rings. The molecule has 1 saturated carbocycles. The van der Waals surface area contributed by atoms with Gasteiger partial charge >= 0.3 is 11.9 Å². The third-order valence-corrected chi connectivity index (χ3v) is 6.93. The van der Waals surface area contributed by atoms with Crippen LogP contribution in [0.3, 0.4) is 0 Å². The van der Waals surface area contributed by atoms with Crippen LogP contribution in [0.4, 0.5) is 0 Å². The molecule has 0 spiro atoms. The Hall–Kier alpha value is -2.04. The molecular formula is C21H28O5. The van der Waals surface area contributed by atoms with E-state index in [4.69, 9.17) is 9.15 Å². The summed E-state index contributed by atoms with van der Waals surface area (Å²) in [7, 11) is 1.41. The quantitative estimate of drug-likeness (QED) is 0.795. The van der Waals surface area contributed by atoms with Crippen LogP contribution in [0.1, 0.15) is 51.7 Å². The summed E-state index contributed by atoms with van der Waals surface area (Å²) in [4.78, 5) is 24.4. The molecule has 5 nitrogen and oxygen atoms in total. The highest BCUT2D eigenvalue weighted by molar-refractivity contribution is 5.90. The average molecular weight is 360 g/mol. The van der Waals surface area contributed by atoms with Gasteiger partial charge < -0.3 is 14.3 Å². The number of carboxylic acid groups (broad SMARTS) is 1. The van der Waals surface area contributed by atoms with Gasteiger partial charge in [0.05, 0.1) is 19.3 Å². The first-order valence-corrected chi connectivity index (χ1v) is 9.37. The Morgan fingerprint density at radius 3 is 2.73 bits per heavy atom. The number of esters is 1. The maximum Gasteiger partial charge on any atom is 0.333 e. The highest BCUT2D eigenvalue weighted by atomic mass is 16.5. The zero-order valence-electron chi connectivity index (χ0n) is 15.8. The predicted molar refractivity (Wildman–Crippen MR) is 96.4 cm³/mol. The van der Waals surface area contributed by atoms with E-state index in [1.54, 1.807) is 6.26 Å². The fourth-order valence-electron chi connectivity index (χ4n) is 5.54. The summed E-state index contributed by atoms with van der Waals surface area (Å²) in [5.74, 6) is -0.420. The van der Waals surface area contributed by atoms with Gasteiger partial charge in [-0.2, -0.15) is 0 Å². The Bertz CT molecular complexity index is 704. The highest BCUT2D eigenvalue weighted by Crippen LogP contribution is 2.62. The van der Waals surface area contributed by atoms with Gasteiger partial charge in [0, 0.05) is 17.4 Å². The lowest BCUT2D eigenvalue weighted by Gasteiger charge is -2.57. The zero-order valence-corrected chi connectivity index (χ0v) is 15.8. The lowest BCUT2D eigenvalue weighted by atomic mass is 9.46. The number of ether oxygens (including phenoxy) is 1. The second-order valence-corrected chi connectivity index (χ2v) is 8.17. The number of aryl methyl sites for hydroxylation is 1. The minimum Gasteiger partial charge on any atom is -0.481 e. The second kappa shape index (κ2) is 6.93. The molecule has 0 aromatic carbocycles. The number of carbonyl (C=O) groups excluding carboxylic acids is 1. The van der Waals surface area contributed by atoms with E-state index in [1.165, 1.54) is 7.11 Å². The van der Waals surface area contributed by atoms with Gasteiger partial charge in [-0.05, 0) is 55.6 Å². The lowest BCUT2D eigenvalue weighted by Crippen LogP contribution is -2.53. The third kappa shape index (κ3) is 2.97. The number of fused-ring (bicyclic) bond motifs is 1. The van der Waals surface area contributed by atoms with Crippen LogP contribution < -0.4 is 0 Å². The largest absolute Gasteiger partial charge is 0.481 e. The standard InChI is InChI=1S/C21H28O5/c1-20(11-9-14-6-5-13-26-14)15(18(22)23)10-12-21(2)16(19(24)25-3)7-4-8-17(20)21/h5-7,13,15,17H,4,8-12H2,1-3H3,(H,22,23)/t15-,17+,20-,21-/m0/s1. The first kappa shape index (κ1) is 18.7. The van der Waals surface area contributed by atoms with Gasteiger partial charge in [0.15, 0.2) is 0 Å². The van der Waals surface area contributed by atoms with Crippen molar-refractivity contribution in [2.24, 2.45) is 22.7 Å². The van der Waals surface area contributed by atoms with Crippen LogP contribution in [0.5, 0.6) is 0 Å². The maximum atomic E-state index is 12.4. The van der Waals surface area contributed by atoms with Crippen molar-refractivity contribution in [1.29, 1.82) is 0 Å². The number of hydrogen-bond acceptors (Lipinski definition) is 4. The van der Waals surface area contributed by atoms with Gasteiger partial charge in [0.2, 0.25) is 0 Å². The summed E-state index contributed by atoms with van der Waals surface area (Å²) >= 11 is 0. The van der Waals surface area contributed by atoms with Crippen molar-refractivity contribution in [2.75, 3.05) is 7.11 Å². The molecule has 1 N–H and O–H groups in total. The van der Waals surface area contributed by atoms with Crippen molar-refractivity contribution in [3.05, 3.63) is 35.8 Å². The van der Waals surface area contributed by atoms with Crippen molar-refractivity contribution in [2.45, 2.75) is 52.4 Å². The molecule has 26 heavy (non-hydrogen) atoms. The monoisotopic (exact) mass is 360 g/mol. The van der Waals surface area contributed by atoms with Crippen molar-refractivity contribution >= 4 is 11.9 Å². The zero-order chi connectivity index (χ0) is 18.9. The van der Waals surface area contributed by atoms with E-state index < -0.39 is 17.3 Å². The Morgan fingerprint density at radius 2 is 2.12 bits per heavy atom. The summed E-state index contributed by atoms with van der Waals surface area (Å²) in [6.07, 6.45) is 8.04. The first-order chi connectivity index (χ1) is 12.3. The first-order valence-electron chi connectivity index (χ1n) is 9.37. The number of carbonyl (C=O) groups is 2. The number of furan rings is 1. The summed E-state index contributed by atoms with van der Waals surface area (Å²) in [6.45, 7) is 4.21. The number of rotatable bonds is 5. The molecule has 5 heteroatoms. The number of carboxylic acids is 1. The van der Waals surface area contributed by atoms with Crippen molar-refractivity contribution in [3.63, 3.8) is 0 Å². The van der Waals surface area contributed by atoms with Gasteiger partial charge in [0.1, 0.15) is 5.76 Å². The molecule has 2 aliphatic carbocycles. The van der Waals surface area contributed by atoms with Gasteiger partial charge in [0.25, 0.3) is 0 Å². The van der Waals surface area contributed by atoms with E-state index in [0.29, 0.717) is 19.3 Å². The summed E-state index contributed by atoms with van der Waals surface area (Å²) < 4.78 is 10.5. The summed E-state index contributed by atoms with van der Waals surface area (Å²) in [5.41, 5.74) is -0.0155. The molecule has 0 aliphatic heterocycles. The van der Waals surface area contributed by atoms with E-state index in [-0.39, 0.29) is 17.3 Å². The lowest BCUT2D eigenvalue weighted by molar-refractivity contribution is -0.158. The predicted octanol–water partition coefficient (Wildman–Crippen LogP) is 4.23. The molecule has 3 rings (SSSR count). The molecular weight excluding hydrogens is 332 g/mol. The van der Waals surface area contributed by atoms with Gasteiger partial charge in [-0.3, -0.25) is 4.79 Å². The van der Waals surface area contributed by atoms with E-state index >= 15 is 0 Å². The van der Waals surface area contributed by atoms with Crippen LogP contribution in [0, 0.1) is 22.7 Å². The molecule has 0 bridgehead atoms. The van der Waals surface area contributed by atoms with Crippen LogP contribution in [0.2, 0.25) is 0 Å². The van der Waals surface area contributed by atoms with Crippen LogP contribution in [-0.4, -0.2) is 24.2 Å². The maximum absolute atomic E-state index is 12.4. The Morgan fingerprint density at radius 1 is 1.35 bits per heavy atom. The normalized spacial score (nSPS) is 33.9. The van der Waals surface area contributed by atoms with Crippen LogP contribution in [-0.2, 0) is 20.7 Å². The van der Waals surface area contributed by atoms with Crippen molar-refractivity contribution in [1.82, 2.24) is 0 Å². The molecule has 4 atom stereocenters. The van der Waals surface area contributed by atoms with Gasteiger partial charge in [-0.15, -0.1) is 0 Å². The molecule has 0 unspecified atom stereocenters. The number of allylic oxidation sites excluding steroid dienone is 1. The van der Waals surface area contributed by atoms with E-state index in [9.17, 15) is 14.7 Å². The molecule has 0 saturated heterocycles. The molecule has 0 radical (unpaired) electrons. The van der Waals surface area contributed by atoms with Crippen LogP contribution in [0.25, 0.3) is 0 Å². The number of aliphatic carboxylic acids is 1. The molecule has 1 aromatic heterocycles. The Kier molecular flexibility index (Phi) is 5.00. The summed E-state index contributed by atoms with van der Waals surface area (Å²) in [5, 5.41) is 9.90. The van der Waals surface area contributed by atoms with E-state index in [1.807, 2.05) is 18.2 Å². The summed E-state index contributed by atoms with van der Waals surface area (Å²) in [6, 6.07) is 3.79. The van der Waals surface area contributed by atoms with E-state index in [0.717, 1.165) is 30.6 Å². The van der Waals surface area contributed by atoms with Gasteiger partial charge in [-0.1, -0.05) is 19.9 Å². The number of hydrogen-bond donors (Lipinski definition) is 1. The SMILES string of the molecule is COC(=O)C1=CCC[C@@H]2[C@@](C)(CCc3ccco3)[C@H](C(=O)O)CC[C@@]12C. The topological polar surface area (TPSA) is 76.7 Å². The molecule has 0 amide bonds. The second-order valence-electron chi connectivity index (χ2n) is 8.17. The average Bonchev–Trinajstić information content (AvgIpc) is 3.12. The Balaban J connectivity index is 1.96. The Labute approximate surface area is 154 Å². The minimum atomic E-state index is -0.733. The smallest absolute Gasteiger partial charge is 0.333 e. The minimum absolute atomic E-state index is 0.124. The fourth-order valence-corrected chi connectivity index (χ4v) is 5.54. The number of methoxy groups -OCH3 is 1. The highest BCUT2D eigenvalue weighted by Gasteiger charge is 2.58.